The van der Waals surface area contributed by atoms with Gasteiger partial charge in [0.15, 0.2) is 0 Å². The molecule has 0 saturated heterocycles. The van der Waals surface area contributed by atoms with Crippen molar-refractivity contribution < 1.29 is 4.39 Å². The fraction of sp³-hybridized carbons (Fsp3) is 0.133. The minimum absolute atomic E-state index is 0.108. The van der Waals surface area contributed by atoms with Gasteiger partial charge in [0, 0.05) is 5.56 Å². The van der Waals surface area contributed by atoms with Gasteiger partial charge in [0.05, 0.1) is 5.56 Å². The van der Waals surface area contributed by atoms with Gasteiger partial charge in [0.1, 0.15) is 11.9 Å². The van der Waals surface area contributed by atoms with E-state index in [0.717, 1.165) is 12.0 Å². The van der Waals surface area contributed by atoms with Gasteiger partial charge in [-0.05, 0) is 23.6 Å². The van der Waals surface area contributed by atoms with Gasteiger partial charge in [-0.1, -0.05) is 43.3 Å². The Labute approximate surface area is 100 Å². The first-order valence-electron chi connectivity index (χ1n) is 5.54. The van der Waals surface area contributed by atoms with Crippen LogP contribution in [0.25, 0.3) is 11.1 Å². The summed E-state index contributed by atoms with van der Waals surface area (Å²) < 4.78 is 13.5. The summed E-state index contributed by atoms with van der Waals surface area (Å²) in [5, 5.41) is 8.97. The summed E-state index contributed by atoms with van der Waals surface area (Å²) in [6, 6.07) is 14.5. The van der Waals surface area contributed by atoms with E-state index in [1.54, 1.807) is 12.1 Å². The van der Waals surface area contributed by atoms with Crippen LogP contribution in [0.2, 0.25) is 0 Å². The maximum absolute atomic E-state index is 13.5. The highest BCUT2D eigenvalue weighted by Crippen LogP contribution is 2.25. The van der Waals surface area contributed by atoms with Gasteiger partial charge < -0.3 is 0 Å². The van der Waals surface area contributed by atoms with Crippen LogP contribution in [-0.2, 0) is 6.42 Å². The molecule has 0 bridgehead atoms. The quantitative estimate of drug-likeness (QED) is 0.759. The standard InChI is InChI=1S/C15H12FN/c1-2-11-6-8-12(9-7-11)13-4-3-5-15(16)14(13)10-17/h3-9H,2H2,1H3. The molecule has 0 aliphatic rings. The molecule has 0 heterocycles. The van der Waals surface area contributed by atoms with Gasteiger partial charge in [-0.3, -0.25) is 0 Å². The van der Waals surface area contributed by atoms with Crippen molar-refractivity contribution in [3.05, 3.63) is 59.4 Å². The van der Waals surface area contributed by atoms with Crippen molar-refractivity contribution in [1.82, 2.24) is 0 Å². The summed E-state index contributed by atoms with van der Waals surface area (Å²) >= 11 is 0. The monoisotopic (exact) mass is 225 g/mol. The zero-order valence-electron chi connectivity index (χ0n) is 9.57. The predicted octanol–water partition coefficient (Wildman–Crippen LogP) is 3.93. The first-order chi connectivity index (χ1) is 8.26. The molecule has 0 aromatic heterocycles. The van der Waals surface area contributed by atoms with Crippen LogP contribution in [0.1, 0.15) is 18.1 Å². The van der Waals surface area contributed by atoms with Crippen LogP contribution in [0.15, 0.2) is 42.5 Å². The summed E-state index contributed by atoms with van der Waals surface area (Å²) in [5.74, 6) is -0.468. The number of rotatable bonds is 2. The number of benzene rings is 2. The van der Waals surface area contributed by atoms with Crippen molar-refractivity contribution >= 4 is 0 Å². The molecule has 0 amide bonds. The topological polar surface area (TPSA) is 23.8 Å². The zero-order chi connectivity index (χ0) is 12.3. The van der Waals surface area contributed by atoms with Gasteiger partial charge in [-0.2, -0.15) is 5.26 Å². The Morgan fingerprint density at radius 2 is 1.82 bits per heavy atom. The van der Waals surface area contributed by atoms with E-state index in [-0.39, 0.29) is 5.56 Å². The van der Waals surface area contributed by atoms with Crippen LogP contribution in [0.4, 0.5) is 4.39 Å². The first kappa shape index (κ1) is 11.3. The van der Waals surface area contributed by atoms with Gasteiger partial charge in [-0.25, -0.2) is 4.39 Å². The summed E-state index contributed by atoms with van der Waals surface area (Å²) in [7, 11) is 0. The average molecular weight is 225 g/mol. The van der Waals surface area contributed by atoms with Crippen molar-refractivity contribution in [2.45, 2.75) is 13.3 Å². The fourth-order valence-electron chi connectivity index (χ4n) is 1.80. The number of aryl methyl sites for hydroxylation is 1. The molecule has 2 aromatic carbocycles. The Morgan fingerprint density at radius 1 is 1.12 bits per heavy atom. The van der Waals surface area contributed by atoms with E-state index in [1.165, 1.54) is 11.6 Å². The summed E-state index contributed by atoms with van der Waals surface area (Å²) in [5.41, 5.74) is 2.86. The Kier molecular flexibility index (Phi) is 3.20. The minimum atomic E-state index is -0.468. The van der Waals surface area contributed by atoms with Crippen LogP contribution in [0.3, 0.4) is 0 Å². The van der Waals surface area contributed by atoms with Crippen molar-refractivity contribution in [3.63, 3.8) is 0 Å². The third-order valence-electron chi connectivity index (χ3n) is 2.80. The molecule has 2 rings (SSSR count). The Balaban J connectivity index is 2.53. The summed E-state index contributed by atoms with van der Waals surface area (Å²) in [6.07, 6.45) is 0.967. The van der Waals surface area contributed by atoms with Crippen molar-refractivity contribution in [2.24, 2.45) is 0 Å². The Morgan fingerprint density at radius 3 is 2.41 bits per heavy atom. The Hall–Kier alpha value is -2.14. The third-order valence-corrected chi connectivity index (χ3v) is 2.80. The highest BCUT2D eigenvalue weighted by atomic mass is 19.1. The zero-order valence-corrected chi connectivity index (χ0v) is 9.57. The molecule has 0 N–H and O–H groups in total. The molecule has 0 atom stereocenters. The lowest BCUT2D eigenvalue weighted by atomic mass is 9.98. The second-order valence-electron chi connectivity index (χ2n) is 3.82. The largest absolute Gasteiger partial charge is 0.206 e. The lowest BCUT2D eigenvalue weighted by Gasteiger charge is -2.05. The van der Waals surface area contributed by atoms with Crippen LogP contribution >= 0.6 is 0 Å². The maximum Gasteiger partial charge on any atom is 0.141 e. The van der Waals surface area contributed by atoms with E-state index in [2.05, 4.69) is 6.92 Å². The van der Waals surface area contributed by atoms with Crippen molar-refractivity contribution in [1.29, 1.82) is 5.26 Å². The van der Waals surface area contributed by atoms with Crippen molar-refractivity contribution in [2.75, 3.05) is 0 Å². The van der Waals surface area contributed by atoms with Crippen LogP contribution in [0, 0.1) is 17.1 Å². The van der Waals surface area contributed by atoms with Crippen LogP contribution in [0.5, 0.6) is 0 Å². The lowest BCUT2D eigenvalue weighted by Crippen LogP contribution is -1.89. The highest BCUT2D eigenvalue weighted by molar-refractivity contribution is 5.70. The second kappa shape index (κ2) is 4.80. The third kappa shape index (κ3) is 2.19. The summed E-state index contributed by atoms with van der Waals surface area (Å²) in [6.45, 7) is 2.08. The summed E-state index contributed by atoms with van der Waals surface area (Å²) in [4.78, 5) is 0. The molecule has 84 valence electrons. The SMILES string of the molecule is CCc1ccc(-c2cccc(F)c2C#N)cc1. The second-order valence-corrected chi connectivity index (χ2v) is 3.82. The number of nitrogens with zero attached hydrogens (tertiary/aromatic N) is 1. The lowest BCUT2D eigenvalue weighted by molar-refractivity contribution is 0.624. The van der Waals surface area contributed by atoms with Gasteiger partial charge in [0.25, 0.3) is 0 Å². The molecule has 0 radical (unpaired) electrons. The van der Waals surface area contributed by atoms with Gasteiger partial charge in [0.2, 0.25) is 0 Å². The van der Waals surface area contributed by atoms with E-state index >= 15 is 0 Å². The Bertz CT molecular complexity index is 564. The van der Waals surface area contributed by atoms with E-state index in [1.807, 2.05) is 30.3 Å². The number of halogens is 1. The van der Waals surface area contributed by atoms with Gasteiger partial charge in [-0.15, -0.1) is 0 Å². The molecule has 0 spiro atoms. The average Bonchev–Trinajstić information content (AvgIpc) is 2.38. The van der Waals surface area contributed by atoms with E-state index in [4.69, 9.17) is 5.26 Å². The molecule has 0 fully saturated rings. The van der Waals surface area contributed by atoms with Gasteiger partial charge >= 0.3 is 0 Å². The molecular weight excluding hydrogens is 213 g/mol. The molecule has 17 heavy (non-hydrogen) atoms. The van der Waals surface area contributed by atoms with Crippen LogP contribution < -0.4 is 0 Å². The smallest absolute Gasteiger partial charge is 0.141 e. The van der Waals surface area contributed by atoms with E-state index in [0.29, 0.717) is 5.56 Å². The maximum atomic E-state index is 13.5. The molecule has 0 aliphatic carbocycles. The van der Waals surface area contributed by atoms with Crippen LogP contribution in [-0.4, -0.2) is 0 Å². The molecule has 0 unspecified atom stereocenters. The fourth-order valence-corrected chi connectivity index (χ4v) is 1.80. The molecule has 0 aliphatic heterocycles. The number of hydrogen-bond donors (Lipinski definition) is 0. The predicted molar refractivity (Wildman–Crippen MR) is 65.9 cm³/mol. The molecule has 2 aromatic rings. The molecule has 1 nitrogen and oxygen atoms in total. The number of nitriles is 1. The molecule has 2 heteroatoms. The normalized spacial score (nSPS) is 9.94. The highest BCUT2D eigenvalue weighted by Gasteiger charge is 2.09. The van der Waals surface area contributed by atoms with E-state index in [9.17, 15) is 4.39 Å². The van der Waals surface area contributed by atoms with Crippen molar-refractivity contribution in [3.8, 4) is 17.2 Å². The molecular formula is C15H12FN. The minimum Gasteiger partial charge on any atom is -0.206 e. The molecule has 0 saturated carbocycles. The van der Waals surface area contributed by atoms with E-state index < -0.39 is 5.82 Å². The number of hydrogen-bond acceptors (Lipinski definition) is 1. The first-order valence-corrected chi connectivity index (χ1v) is 5.54.